The van der Waals surface area contributed by atoms with Crippen LogP contribution in [-0.2, 0) is 10.0 Å². The smallest absolute Gasteiger partial charge is 0.207 e. The molecule has 0 radical (unpaired) electrons. The van der Waals surface area contributed by atoms with Gasteiger partial charge < -0.3 is 0 Å². The van der Waals surface area contributed by atoms with Crippen molar-refractivity contribution in [1.29, 1.82) is 5.26 Å². The first-order chi connectivity index (χ1) is 8.62. The van der Waals surface area contributed by atoms with E-state index in [1.165, 1.54) is 18.9 Å². The van der Waals surface area contributed by atoms with Gasteiger partial charge in [0.15, 0.2) is 0 Å². The van der Waals surface area contributed by atoms with Crippen LogP contribution in [0.25, 0.3) is 0 Å². The molecule has 1 aliphatic carbocycles. The molecule has 1 N–H and O–H groups in total. The molecule has 0 aliphatic heterocycles. The standard InChI is InChI=1S/C12H16N2O2S2/c13-9-11-7-8-12(17-11)18(15,16)14-10-5-3-1-2-4-6-10/h7-8,10,14H,1-6H2. The Kier molecular flexibility index (Phi) is 4.38. The molecule has 1 aromatic rings. The molecule has 0 saturated heterocycles. The summed E-state index contributed by atoms with van der Waals surface area (Å²) in [6, 6.07) is 5.06. The first kappa shape index (κ1) is 13.5. The van der Waals surface area contributed by atoms with E-state index in [1.807, 2.05) is 6.07 Å². The summed E-state index contributed by atoms with van der Waals surface area (Å²) in [4.78, 5) is 0.427. The van der Waals surface area contributed by atoms with Crippen molar-refractivity contribution in [3.8, 4) is 6.07 Å². The average Bonchev–Trinajstić information content (AvgIpc) is 2.70. The first-order valence-electron chi connectivity index (χ1n) is 6.14. The van der Waals surface area contributed by atoms with E-state index in [1.54, 1.807) is 6.07 Å². The van der Waals surface area contributed by atoms with Crippen LogP contribution in [0.3, 0.4) is 0 Å². The van der Waals surface area contributed by atoms with Crippen LogP contribution >= 0.6 is 11.3 Å². The fraction of sp³-hybridized carbons (Fsp3) is 0.583. The SMILES string of the molecule is N#Cc1ccc(S(=O)(=O)NC2CCCCCC2)s1. The molecule has 1 heterocycles. The molecule has 0 spiro atoms. The summed E-state index contributed by atoms with van der Waals surface area (Å²) in [6.45, 7) is 0. The lowest BCUT2D eigenvalue weighted by molar-refractivity contribution is 0.511. The van der Waals surface area contributed by atoms with Crippen LogP contribution in [0.1, 0.15) is 43.4 Å². The number of nitrogens with zero attached hydrogens (tertiary/aromatic N) is 1. The molecule has 0 aromatic carbocycles. The van der Waals surface area contributed by atoms with E-state index in [0.29, 0.717) is 4.88 Å². The lowest BCUT2D eigenvalue weighted by Crippen LogP contribution is -2.33. The van der Waals surface area contributed by atoms with Crippen molar-refractivity contribution in [2.45, 2.75) is 48.8 Å². The molecule has 1 fully saturated rings. The normalized spacial score (nSPS) is 18.2. The molecular weight excluding hydrogens is 268 g/mol. The molecule has 0 bridgehead atoms. The fourth-order valence-electron chi connectivity index (χ4n) is 2.20. The number of rotatable bonds is 3. The van der Waals surface area contributed by atoms with Gasteiger partial charge in [-0.25, -0.2) is 13.1 Å². The minimum atomic E-state index is -3.45. The highest BCUT2D eigenvalue weighted by molar-refractivity contribution is 7.91. The number of nitriles is 1. The summed E-state index contributed by atoms with van der Waals surface area (Å²) in [5.41, 5.74) is 0. The Bertz CT molecular complexity index is 535. The van der Waals surface area contributed by atoms with Gasteiger partial charge in [-0.1, -0.05) is 25.7 Å². The number of nitrogens with one attached hydrogen (secondary N) is 1. The summed E-state index contributed by atoms with van der Waals surface area (Å²) < 4.78 is 27.3. The summed E-state index contributed by atoms with van der Waals surface area (Å²) in [5, 5.41) is 8.72. The Balaban J connectivity index is 2.09. The molecule has 18 heavy (non-hydrogen) atoms. The predicted octanol–water partition coefficient (Wildman–Crippen LogP) is 2.62. The highest BCUT2D eigenvalue weighted by Crippen LogP contribution is 2.23. The summed E-state index contributed by atoms with van der Waals surface area (Å²) in [6.07, 6.45) is 6.37. The minimum absolute atomic E-state index is 0.0464. The fourth-order valence-corrected chi connectivity index (χ4v) is 4.62. The van der Waals surface area contributed by atoms with Crippen molar-refractivity contribution in [2.24, 2.45) is 0 Å². The predicted molar refractivity (Wildman–Crippen MR) is 70.8 cm³/mol. The number of hydrogen-bond donors (Lipinski definition) is 1. The highest BCUT2D eigenvalue weighted by Gasteiger charge is 2.22. The van der Waals surface area contributed by atoms with Crippen LogP contribution in [-0.4, -0.2) is 14.5 Å². The maximum atomic E-state index is 12.1. The third-order valence-electron chi connectivity index (χ3n) is 3.13. The monoisotopic (exact) mass is 284 g/mol. The van der Waals surface area contributed by atoms with E-state index in [0.717, 1.165) is 37.0 Å². The third-order valence-corrected chi connectivity index (χ3v) is 6.14. The molecule has 0 amide bonds. The third kappa shape index (κ3) is 3.31. The molecule has 2 rings (SSSR count). The molecule has 0 atom stereocenters. The van der Waals surface area contributed by atoms with Gasteiger partial charge in [-0.05, 0) is 25.0 Å². The second-order valence-corrected chi connectivity index (χ2v) is 7.56. The Morgan fingerprint density at radius 1 is 1.22 bits per heavy atom. The minimum Gasteiger partial charge on any atom is -0.207 e. The Hall–Kier alpha value is -0.900. The van der Waals surface area contributed by atoms with E-state index >= 15 is 0 Å². The molecule has 1 aliphatic rings. The number of sulfonamides is 1. The van der Waals surface area contributed by atoms with E-state index in [4.69, 9.17) is 5.26 Å². The molecule has 98 valence electrons. The van der Waals surface area contributed by atoms with Gasteiger partial charge >= 0.3 is 0 Å². The largest absolute Gasteiger partial charge is 0.250 e. The molecule has 1 aromatic heterocycles. The second kappa shape index (κ2) is 5.83. The van der Waals surface area contributed by atoms with Crippen molar-refractivity contribution in [3.63, 3.8) is 0 Å². The van der Waals surface area contributed by atoms with Gasteiger partial charge in [0.1, 0.15) is 15.2 Å². The van der Waals surface area contributed by atoms with Crippen LogP contribution in [0, 0.1) is 11.3 Å². The zero-order chi connectivity index (χ0) is 13.0. The van der Waals surface area contributed by atoms with E-state index in [2.05, 4.69) is 4.72 Å². The molecular formula is C12H16N2O2S2. The zero-order valence-corrected chi connectivity index (χ0v) is 11.7. The molecule has 4 nitrogen and oxygen atoms in total. The highest BCUT2D eigenvalue weighted by atomic mass is 32.2. The Labute approximate surface area is 112 Å². The van der Waals surface area contributed by atoms with Gasteiger partial charge in [-0.3, -0.25) is 0 Å². The van der Waals surface area contributed by atoms with Crippen LogP contribution < -0.4 is 4.72 Å². The molecule has 1 saturated carbocycles. The quantitative estimate of drug-likeness (QED) is 0.867. The lowest BCUT2D eigenvalue weighted by Gasteiger charge is -2.15. The summed E-state index contributed by atoms with van der Waals surface area (Å²) >= 11 is 1.02. The van der Waals surface area contributed by atoms with Gasteiger partial charge in [-0.2, -0.15) is 5.26 Å². The van der Waals surface area contributed by atoms with Crippen molar-refractivity contribution < 1.29 is 8.42 Å². The average molecular weight is 284 g/mol. The van der Waals surface area contributed by atoms with Gasteiger partial charge in [0, 0.05) is 6.04 Å². The number of hydrogen-bond acceptors (Lipinski definition) is 4. The molecule has 6 heteroatoms. The van der Waals surface area contributed by atoms with Crippen molar-refractivity contribution in [3.05, 3.63) is 17.0 Å². The van der Waals surface area contributed by atoms with Crippen molar-refractivity contribution in [2.75, 3.05) is 0 Å². The van der Waals surface area contributed by atoms with Gasteiger partial charge in [0.2, 0.25) is 10.0 Å². The first-order valence-corrected chi connectivity index (χ1v) is 8.44. The number of thiophene rings is 1. The molecule has 0 unspecified atom stereocenters. The van der Waals surface area contributed by atoms with Crippen LogP contribution in [0.4, 0.5) is 0 Å². The summed E-state index contributed by atoms with van der Waals surface area (Å²) in [7, 11) is -3.45. The van der Waals surface area contributed by atoms with Gasteiger partial charge in [0.05, 0.1) is 0 Å². The van der Waals surface area contributed by atoms with Crippen molar-refractivity contribution >= 4 is 21.4 Å². The van der Waals surface area contributed by atoms with Crippen LogP contribution in [0.15, 0.2) is 16.3 Å². The summed E-state index contributed by atoms with van der Waals surface area (Å²) in [5.74, 6) is 0. The topological polar surface area (TPSA) is 70.0 Å². The van der Waals surface area contributed by atoms with Crippen molar-refractivity contribution in [1.82, 2.24) is 4.72 Å². The van der Waals surface area contributed by atoms with Gasteiger partial charge in [-0.15, -0.1) is 11.3 Å². The Morgan fingerprint density at radius 3 is 2.44 bits per heavy atom. The van der Waals surface area contributed by atoms with E-state index in [-0.39, 0.29) is 10.3 Å². The Morgan fingerprint density at radius 2 is 1.89 bits per heavy atom. The maximum absolute atomic E-state index is 12.1. The van der Waals surface area contributed by atoms with E-state index in [9.17, 15) is 8.42 Å². The van der Waals surface area contributed by atoms with Crippen LogP contribution in [0.5, 0.6) is 0 Å². The van der Waals surface area contributed by atoms with Crippen LogP contribution in [0.2, 0.25) is 0 Å². The van der Waals surface area contributed by atoms with Gasteiger partial charge in [0.25, 0.3) is 0 Å². The maximum Gasteiger partial charge on any atom is 0.250 e. The zero-order valence-electron chi connectivity index (χ0n) is 10.1. The van der Waals surface area contributed by atoms with E-state index < -0.39 is 10.0 Å². The lowest BCUT2D eigenvalue weighted by atomic mass is 10.1. The second-order valence-electron chi connectivity index (χ2n) is 4.54.